The van der Waals surface area contributed by atoms with Crippen molar-refractivity contribution >= 4 is 11.9 Å². The Hall–Kier alpha value is -1.58. The highest BCUT2D eigenvalue weighted by Gasteiger charge is 2.11. The van der Waals surface area contributed by atoms with E-state index in [1.807, 2.05) is 0 Å². The van der Waals surface area contributed by atoms with Gasteiger partial charge in [0.2, 0.25) is 0 Å². The van der Waals surface area contributed by atoms with Crippen molar-refractivity contribution in [2.24, 2.45) is 5.92 Å². The lowest BCUT2D eigenvalue weighted by Gasteiger charge is -2.13. The number of carboxylic acid groups (broad SMARTS) is 1. The van der Waals surface area contributed by atoms with Gasteiger partial charge in [0.15, 0.2) is 0 Å². The van der Waals surface area contributed by atoms with Crippen molar-refractivity contribution < 1.29 is 19.4 Å². The normalized spacial score (nSPS) is 11.0. The molecule has 0 aromatic heterocycles. The maximum absolute atomic E-state index is 10.6. The van der Waals surface area contributed by atoms with Gasteiger partial charge >= 0.3 is 11.9 Å². The Balaban J connectivity index is 0. The Morgan fingerprint density at radius 1 is 1.00 bits per heavy atom. The fourth-order valence-electron chi connectivity index (χ4n) is 2.49. The molecule has 0 aromatic rings. The van der Waals surface area contributed by atoms with Crippen LogP contribution in [0.25, 0.3) is 0 Å². The minimum Gasteiger partial charge on any atom is -0.478 e. The second-order valence-electron chi connectivity index (χ2n) is 6.67. The van der Waals surface area contributed by atoms with Crippen LogP contribution in [0.15, 0.2) is 24.8 Å². The van der Waals surface area contributed by atoms with Gasteiger partial charge in [0, 0.05) is 11.6 Å². The molecular weight excluding hydrogens is 328 g/mol. The van der Waals surface area contributed by atoms with E-state index >= 15 is 0 Å². The minimum atomic E-state index is -0.852. The molecule has 0 radical (unpaired) electrons. The number of carboxylic acids is 1. The van der Waals surface area contributed by atoms with Crippen LogP contribution in [0.5, 0.6) is 0 Å². The van der Waals surface area contributed by atoms with E-state index in [2.05, 4.69) is 33.9 Å². The summed E-state index contributed by atoms with van der Waals surface area (Å²) in [6.45, 7) is 13.9. The molecular formula is C22H40O4. The summed E-state index contributed by atoms with van der Waals surface area (Å²) in [5, 5.41) is 8.65. The molecule has 1 atom stereocenters. The van der Waals surface area contributed by atoms with Crippen LogP contribution < -0.4 is 0 Å². The minimum absolute atomic E-state index is 0.312. The first-order valence-electron chi connectivity index (χ1n) is 10.1. The van der Waals surface area contributed by atoms with Crippen LogP contribution in [-0.4, -0.2) is 23.7 Å². The highest BCUT2D eigenvalue weighted by molar-refractivity contribution is 5.85. The second kappa shape index (κ2) is 19.7. The van der Waals surface area contributed by atoms with Gasteiger partial charge < -0.3 is 9.84 Å². The Morgan fingerprint density at radius 2 is 1.58 bits per heavy atom. The standard InChI is InChI=1S/2C11H20O2/c1-4-6-7-10(5-2)8-9(3)11(12)13;1-3-5-6-7-8-9-10-13-11(12)4-2/h10H,3-8H2,1-2H3,(H,12,13);4H,2-3,5-10H2,1H3. The third-order valence-electron chi connectivity index (χ3n) is 4.29. The molecule has 0 bridgehead atoms. The van der Waals surface area contributed by atoms with Crippen molar-refractivity contribution in [3.8, 4) is 0 Å². The third-order valence-corrected chi connectivity index (χ3v) is 4.29. The van der Waals surface area contributed by atoms with Crippen molar-refractivity contribution in [2.75, 3.05) is 6.61 Å². The summed E-state index contributed by atoms with van der Waals surface area (Å²) in [6, 6.07) is 0. The molecule has 0 saturated heterocycles. The van der Waals surface area contributed by atoms with Crippen LogP contribution >= 0.6 is 0 Å². The third kappa shape index (κ3) is 18.8. The summed E-state index contributed by atoms with van der Waals surface area (Å²) in [6.07, 6.45) is 13.6. The van der Waals surface area contributed by atoms with Gasteiger partial charge in [-0.3, -0.25) is 0 Å². The maximum Gasteiger partial charge on any atom is 0.330 e. The lowest BCUT2D eigenvalue weighted by molar-refractivity contribution is -0.138. The predicted molar refractivity (Wildman–Crippen MR) is 109 cm³/mol. The van der Waals surface area contributed by atoms with Gasteiger partial charge in [-0.1, -0.05) is 91.7 Å². The van der Waals surface area contributed by atoms with E-state index in [-0.39, 0.29) is 5.97 Å². The summed E-state index contributed by atoms with van der Waals surface area (Å²) >= 11 is 0. The van der Waals surface area contributed by atoms with Crippen molar-refractivity contribution in [1.29, 1.82) is 0 Å². The summed E-state index contributed by atoms with van der Waals surface area (Å²) in [7, 11) is 0. The Morgan fingerprint density at radius 3 is 2.08 bits per heavy atom. The van der Waals surface area contributed by atoms with Crippen LogP contribution in [0.3, 0.4) is 0 Å². The lowest BCUT2D eigenvalue weighted by Crippen LogP contribution is -2.06. The van der Waals surface area contributed by atoms with Gasteiger partial charge in [0.05, 0.1) is 6.61 Å². The number of unbranched alkanes of at least 4 members (excludes halogenated alkanes) is 6. The number of ether oxygens (including phenoxy) is 1. The average molecular weight is 369 g/mol. The Labute approximate surface area is 160 Å². The zero-order chi connectivity index (χ0) is 20.2. The molecule has 4 nitrogen and oxygen atoms in total. The molecule has 0 aliphatic carbocycles. The molecule has 0 amide bonds. The summed E-state index contributed by atoms with van der Waals surface area (Å²) < 4.78 is 4.84. The quantitative estimate of drug-likeness (QED) is 0.209. The van der Waals surface area contributed by atoms with E-state index in [0.29, 0.717) is 24.5 Å². The first-order valence-corrected chi connectivity index (χ1v) is 10.1. The van der Waals surface area contributed by atoms with Crippen LogP contribution in [0.1, 0.15) is 91.4 Å². The Kier molecular flexibility index (Phi) is 20.2. The first-order chi connectivity index (χ1) is 12.4. The largest absolute Gasteiger partial charge is 0.478 e. The zero-order valence-electron chi connectivity index (χ0n) is 17.2. The number of esters is 1. The fourth-order valence-corrected chi connectivity index (χ4v) is 2.49. The van der Waals surface area contributed by atoms with Gasteiger partial charge in [-0.2, -0.15) is 0 Å². The molecule has 0 aliphatic rings. The highest BCUT2D eigenvalue weighted by atomic mass is 16.5. The molecule has 0 aliphatic heterocycles. The van der Waals surface area contributed by atoms with Gasteiger partial charge in [0.1, 0.15) is 0 Å². The van der Waals surface area contributed by atoms with E-state index < -0.39 is 5.97 Å². The molecule has 0 spiro atoms. The lowest BCUT2D eigenvalue weighted by atomic mass is 9.92. The molecule has 1 unspecified atom stereocenters. The van der Waals surface area contributed by atoms with Crippen molar-refractivity contribution in [1.82, 2.24) is 0 Å². The molecule has 4 heteroatoms. The van der Waals surface area contributed by atoms with Gasteiger partial charge in [-0.25, -0.2) is 9.59 Å². The van der Waals surface area contributed by atoms with E-state index in [9.17, 15) is 9.59 Å². The number of hydrogen-bond donors (Lipinski definition) is 1. The topological polar surface area (TPSA) is 63.6 Å². The molecule has 0 aromatic carbocycles. The predicted octanol–water partition coefficient (Wildman–Crippen LogP) is 6.31. The number of carbonyl (C=O) groups is 2. The fraction of sp³-hybridized carbons (Fsp3) is 0.727. The van der Waals surface area contributed by atoms with E-state index in [1.165, 1.54) is 44.6 Å². The van der Waals surface area contributed by atoms with Crippen LogP contribution in [-0.2, 0) is 14.3 Å². The smallest absolute Gasteiger partial charge is 0.330 e. The van der Waals surface area contributed by atoms with Gasteiger partial charge in [-0.05, 0) is 18.8 Å². The molecule has 1 N–H and O–H groups in total. The SMILES string of the molecule is C=C(CC(CC)CCCC)C(=O)O.C=CC(=O)OCCCCCCCC. The molecule has 0 rings (SSSR count). The van der Waals surface area contributed by atoms with Crippen molar-refractivity contribution in [2.45, 2.75) is 91.4 Å². The van der Waals surface area contributed by atoms with Crippen molar-refractivity contribution in [3.63, 3.8) is 0 Å². The highest BCUT2D eigenvalue weighted by Crippen LogP contribution is 2.20. The maximum atomic E-state index is 10.6. The van der Waals surface area contributed by atoms with E-state index in [4.69, 9.17) is 9.84 Å². The number of rotatable bonds is 15. The summed E-state index contributed by atoms with van der Waals surface area (Å²) in [5.41, 5.74) is 0.350. The average Bonchev–Trinajstić information content (AvgIpc) is 2.64. The number of hydrogen-bond acceptors (Lipinski definition) is 3. The van der Waals surface area contributed by atoms with Gasteiger partial charge in [0.25, 0.3) is 0 Å². The number of carbonyl (C=O) groups excluding carboxylic acids is 1. The van der Waals surface area contributed by atoms with E-state index in [1.54, 1.807) is 0 Å². The second-order valence-corrected chi connectivity index (χ2v) is 6.67. The molecule has 0 heterocycles. The van der Waals surface area contributed by atoms with Crippen molar-refractivity contribution in [3.05, 3.63) is 24.8 Å². The molecule has 152 valence electrons. The molecule has 0 fully saturated rings. The molecule has 26 heavy (non-hydrogen) atoms. The number of aliphatic carboxylic acids is 1. The molecule has 0 saturated carbocycles. The summed E-state index contributed by atoms with van der Waals surface area (Å²) in [4.78, 5) is 21.1. The summed E-state index contributed by atoms with van der Waals surface area (Å²) in [5.74, 6) is -0.660. The van der Waals surface area contributed by atoms with Crippen LogP contribution in [0.4, 0.5) is 0 Å². The van der Waals surface area contributed by atoms with E-state index in [0.717, 1.165) is 25.7 Å². The zero-order valence-corrected chi connectivity index (χ0v) is 17.2. The monoisotopic (exact) mass is 368 g/mol. The van der Waals surface area contributed by atoms with Crippen LogP contribution in [0.2, 0.25) is 0 Å². The Bertz CT molecular complexity index is 388. The van der Waals surface area contributed by atoms with Crippen LogP contribution in [0, 0.1) is 5.92 Å². The van der Waals surface area contributed by atoms with Gasteiger partial charge in [-0.15, -0.1) is 0 Å². The first kappa shape index (κ1) is 26.6.